The third kappa shape index (κ3) is 2.96. The van der Waals surface area contributed by atoms with E-state index in [-0.39, 0.29) is 5.54 Å². The lowest BCUT2D eigenvalue weighted by atomic mass is 9.90. The Balaban J connectivity index is 4.48. The van der Waals surface area contributed by atoms with Crippen LogP contribution in [0.1, 0.15) is 41.0 Å². The average molecular weight is 186 g/mol. The van der Waals surface area contributed by atoms with E-state index in [2.05, 4.69) is 51.9 Å². The predicted molar refractivity (Wildman–Crippen MR) is 60.1 cm³/mol. The highest BCUT2D eigenvalue weighted by Crippen LogP contribution is 2.20. The van der Waals surface area contributed by atoms with Crippen molar-refractivity contribution in [3.05, 3.63) is 0 Å². The molecule has 0 aromatic heterocycles. The molecule has 2 heteroatoms. The number of nitrogens with one attached hydrogen (secondary N) is 1. The van der Waals surface area contributed by atoms with Gasteiger partial charge < -0.3 is 5.32 Å². The Morgan fingerprint density at radius 3 is 1.85 bits per heavy atom. The van der Waals surface area contributed by atoms with Gasteiger partial charge >= 0.3 is 0 Å². The van der Waals surface area contributed by atoms with Crippen molar-refractivity contribution < 1.29 is 0 Å². The maximum Gasteiger partial charge on any atom is 0.0305 e. The summed E-state index contributed by atoms with van der Waals surface area (Å²) in [5.41, 5.74) is 0.257. The summed E-state index contributed by atoms with van der Waals surface area (Å²) in [6, 6.07) is 0.576. The zero-order chi connectivity index (χ0) is 10.5. The lowest BCUT2D eigenvalue weighted by molar-refractivity contribution is 0.0928. The van der Waals surface area contributed by atoms with E-state index in [1.807, 2.05) is 0 Å². The predicted octanol–water partition coefficient (Wildman–Crippen LogP) is 2.10. The smallest absolute Gasteiger partial charge is 0.0305 e. The first-order valence-corrected chi connectivity index (χ1v) is 5.46. The van der Waals surface area contributed by atoms with E-state index in [0.29, 0.717) is 6.04 Å². The van der Waals surface area contributed by atoms with Crippen LogP contribution in [-0.4, -0.2) is 36.6 Å². The molecule has 0 amide bonds. The Morgan fingerprint density at radius 2 is 1.62 bits per heavy atom. The highest BCUT2D eigenvalue weighted by molar-refractivity contribution is 4.91. The second kappa shape index (κ2) is 5.61. The van der Waals surface area contributed by atoms with Crippen LogP contribution >= 0.6 is 0 Å². The first kappa shape index (κ1) is 12.9. The van der Waals surface area contributed by atoms with Crippen LogP contribution in [0, 0.1) is 0 Å². The van der Waals surface area contributed by atoms with Gasteiger partial charge in [-0.3, -0.25) is 4.90 Å². The monoisotopic (exact) mass is 186 g/mol. The molecule has 0 aliphatic rings. The summed E-state index contributed by atoms with van der Waals surface area (Å²) in [6.07, 6.45) is 1.18. The summed E-state index contributed by atoms with van der Waals surface area (Å²) < 4.78 is 0. The Kier molecular flexibility index (Phi) is 5.57. The van der Waals surface area contributed by atoms with Gasteiger partial charge in [-0.15, -0.1) is 0 Å². The third-order valence-corrected chi connectivity index (χ3v) is 3.19. The van der Waals surface area contributed by atoms with Crippen molar-refractivity contribution in [2.24, 2.45) is 0 Å². The van der Waals surface area contributed by atoms with Gasteiger partial charge in [-0.25, -0.2) is 0 Å². The van der Waals surface area contributed by atoms with Gasteiger partial charge in [0, 0.05) is 11.6 Å². The van der Waals surface area contributed by atoms with Crippen LogP contribution < -0.4 is 5.32 Å². The van der Waals surface area contributed by atoms with Crippen LogP contribution in [0.15, 0.2) is 0 Å². The second-order valence-electron chi connectivity index (χ2n) is 4.08. The van der Waals surface area contributed by atoms with Gasteiger partial charge in [0.05, 0.1) is 0 Å². The molecule has 0 aliphatic heterocycles. The minimum atomic E-state index is 0.257. The number of rotatable bonds is 6. The molecule has 0 radical (unpaired) electrons. The third-order valence-electron chi connectivity index (χ3n) is 3.19. The minimum Gasteiger partial charge on any atom is -0.315 e. The summed E-state index contributed by atoms with van der Waals surface area (Å²) in [7, 11) is 2.05. The number of nitrogens with zero attached hydrogens (tertiary/aromatic N) is 1. The first-order valence-electron chi connectivity index (χ1n) is 5.46. The molecule has 0 rings (SSSR count). The highest BCUT2D eigenvalue weighted by Gasteiger charge is 2.31. The molecule has 0 aliphatic carbocycles. The van der Waals surface area contributed by atoms with Crippen LogP contribution in [0.4, 0.5) is 0 Å². The van der Waals surface area contributed by atoms with E-state index < -0.39 is 0 Å². The molecule has 0 saturated heterocycles. The van der Waals surface area contributed by atoms with Gasteiger partial charge in [-0.2, -0.15) is 0 Å². The molecule has 0 bridgehead atoms. The van der Waals surface area contributed by atoms with Crippen LogP contribution in [0.3, 0.4) is 0 Å². The standard InChI is InChI=1S/C11H26N2/c1-7-10(12-6)11(4,5)13(8-2)9-3/h10,12H,7-9H2,1-6H3. The molecule has 1 atom stereocenters. The van der Waals surface area contributed by atoms with Crippen molar-refractivity contribution in [2.45, 2.75) is 52.6 Å². The van der Waals surface area contributed by atoms with Crippen LogP contribution in [-0.2, 0) is 0 Å². The SMILES string of the molecule is CCC(NC)C(C)(C)N(CC)CC. The maximum absolute atomic E-state index is 3.40. The number of hydrogen-bond acceptors (Lipinski definition) is 2. The highest BCUT2D eigenvalue weighted by atomic mass is 15.2. The molecule has 0 heterocycles. The molecule has 2 nitrogen and oxygen atoms in total. The van der Waals surface area contributed by atoms with Gasteiger partial charge in [0.25, 0.3) is 0 Å². The number of hydrogen-bond donors (Lipinski definition) is 1. The van der Waals surface area contributed by atoms with Crippen molar-refractivity contribution in [2.75, 3.05) is 20.1 Å². The molecule has 1 unspecified atom stereocenters. The normalized spacial score (nSPS) is 15.0. The Labute approximate surface area is 83.7 Å². The molecular weight excluding hydrogens is 160 g/mol. The van der Waals surface area contributed by atoms with Crippen LogP contribution in [0.25, 0.3) is 0 Å². The quantitative estimate of drug-likeness (QED) is 0.683. The van der Waals surface area contributed by atoms with Gasteiger partial charge in [0.2, 0.25) is 0 Å². The molecule has 13 heavy (non-hydrogen) atoms. The lowest BCUT2D eigenvalue weighted by Crippen LogP contribution is -2.56. The van der Waals surface area contributed by atoms with Crippen LogP contribution in [0.2, 0.25) is 0 Å². The summed E-state index contributed by atoms with van der Waals surface area (Å²) in [5.74, 6) is 0. The van der Waals surface area contributed by atoms with E-state index in [4.69, 9.17) is 0 Å². The molecule has 80 valence electrons. The number of likely N-dealkylation sites (N-methyl/N-ethyl adjacent to an activating group) is 2. The van der Waals surface area contributed by atoms with Crippen LogP contribution in [0.5, 0.6) is 0 Å². The average Bonchev–Trinajstić information content (AvgIpc) is 2.07. The first-order chi connectivity index (χ1) is 6.04. The van der Waals surface area contributed by atoms with E-state index in [9.17, 15) is 0 Å². The Morgan fingerprint density at radius 1 is 1.15 bits per heavy atom. The van der Waals surface area contributed by atoms with E-state index in [1.165, 1.54) is 6.42 Å². The van der Waals surface area contributed by atoms with E-state index >= 15 is 0 Å². The van der Waals surface area contributed by atoms with Gasteiger partial charge in [0.15, 0.2) is 0 Å². The van der Waals surface area contributed by atoms with Crippen molar-refractivity contribution in [3.8, 4) is 0 Å². The zero-order valence-electron chi connectivity index (χ0n) is 10.1. The Hall–Kier alpha value is -0.0800. The molecule has 0 saturated carbocycles. The lowest BCUT2D eigenvalue weighted by Gasteiger charge is -2.43. The topological polar surface area (TPSA) is 15.3 Å². The second-order valence-corrected chi connectivity index (χ2v) is 4.08. The Bertz CT molecular complexity index is 110. The van der Waals surface area contributed by atoms with Crippen molar-refractivity contribution in [1.82, 2.24) is 10.2 Å². The van der Waals surface area contributed by atoms with Gasteiger partial charge in [-0.05, 0) is 40.4 Å². The van der Waals surface area contributed by atoms with E-state index in [1.54, 1.807) is 0 Å². The molecule has 1 N–H and O–H groups in total. The van der Waals surface area contributed by atoms with E-state index in [0.717, 1.165) is 13.1 Å². The molecule has 0 aromatic rings. The molecular formula is C11H26N2. The minimum absolute atomic E-state index is 0.257. The largest absolute Gasteiger partial charge is 0.315 e. The molecule has 0 spiro atoms. The summed E-state index contributed by atoms with van der Waals surface area (Å²) in [6.45, 7) is 13.6. The maximum atomic E-state index is 3.40. The van der Waals surface area contributed by atoms with Crippen molar-refractivity contribution in [3.63, 3.8) is 0 Å². The van der Waals surface area contributed by atoms with Crippen molar-refractivity contribution in [1.29, 1.82) is 0 Å². The van der Waals surface area contributed by atoms with Gasteiger partial charge in [-0.1, -0.05) is 20.8 Å². The van der Waals surface area contributed by atoms with Gasteiger partial charge in [0.1, 0.15) is 0 Å². The summed E-state index contributed by atoms with van der Waals surface area (Å²) >= 11 is 0. The summed E-state index contributed by atoms with van der Waals surface area (Å²) in [5, 5.41) is 3.40. The zero-order valence-corrected chi connectivity index (χ0v) is 10.1. The molecule has 0 fully saturated rings. The summed E-state index contributed by atoms with van der Waals surface area (Å²) in [4.78, 5) is 2.51. The fraction of sp³-hybridized carbons (Fsp3) is 1.00. The fourth-order valence-electron chi connectivity index (χ4n) is 2.32. The van der Waals surface area contributed by atoms with Crippen molar-refractivity contribution >= 4 is 0 Å². The molecule has 0 aromatic carbocycles. The fourth-order valence-corrected chi connectivity index (χ4v) is 2.32.